The Morgan fingerprint density at radius 3 is 2.80 bits per heavy atom. The fourth-order valence-electron chi connectivity index (χ4n) is 3.33. The highest BCUT2D eigenvalue weighted by Gasteiger charge is 2.33. The molecular formula is C19H17BrN4O. The number of likely N-dealkylation sites (tertiary alicyclic amines) is 1. The molecule has 1 atom stereocenters. The van der Waals surface area contributed by atoms with Gasteiger partial charge >= 0.3 is 0 Å². The number of hydrogen-bond donors (Lipinski definition) is 1. The lowest BCUT2D eigenvalue weighted by atomic mass is 10.1. The van der Waals surface area contributed by atoms with Gasteiger partial charge in [-0.2, -0.15) is 5.10 Å². The molecule has 2 aromatic heterocycles. The van der Waals surface area contributed by atoms with Crippen molar-refractivity contribution in [3.05, 3.63) is 70.6 Å². The van der Waals surface area contributed by atoms with Crippen LogP contribution < -0.4 is 0 Å². The van der Waals surface area contributed by atoms with E-state index in [9.17, 15) is 4.79 Å². The Kier molecular flexibility index (Phi) is 4.36. The summed E-state index contributed by atoms with van der Waals surface area (Å²) in [5, 5.41) is 7.26. The summed E-state index contributed by atoms with van der Waals surface area (Å²) >= 11 is 3.56. The Balaban J connectivity index is 1.64. The molecule has 3 heterocycles. The third kappa shape index (κ3) is 2.98. The maximum atomic E-state index is 13.1. The molecule has 25 heavy (non-hydrogen) atoms. The predicted molar refractivity (Wildman–Crippen MR) is 99.0 cm³/mol. The zero-order valence-electron chi connectivity index (χ0n) is 13.5. The van der Waals surface area contributed by atoms with E-state index in [2.05, 4.69) is 31.1 Å². The van der Waals surface area contributed by atoms with Crippen LogP contribution in [0.15, 0.2) is 59.3 Å². The van der Waals surface area contributed by atoms with Gasteiger partial charge in [-0.05, 0) is 40.4 Å². The molecule has 0 radical (unpaired) electrons. The van der Waals surface area contributed by atoms with Crippen LogP contribution in [0.1, 0.15) is 34.9 Å². The molecule has 126 valence electrons. The van der Waals surface area contributed by atoms with Crippen LogP contribution in [0.3, 0.4) is 0 Å². The van der Waals surface area contributed by atoms with Crippen molar-refractivity contribution in [1.82, 2.24) is 20.1 Å². The molecule has 0 bridgehead atoms. The number of halogens is 1. The molecule has 1 aliphatic rings. The Hall–Kier alpha value is -2.47. The van der Waals surface area contributed by atoms with Gasteiger partial charge in [-0.3, -0.25) is 14.9 Å². The molecule has 3 aromatic rings. The lowest BCUT2D eigenvalue weighted by Crippen LogP contribution is -2.31. The van der Waals surface area contributed by atoms with E-state index in [-0.39, 0.29) is 11.9 Å². The summed E-state index contributed by atoms with van der Waals surface area (Å²) in [7, 11) is 0. The van der Waals surface area contributed by atoms with Crippen LogP contribution in [0.4, 0.5) is 0 Å². The number of aromatic amines is 1. The molecule has 0 aliphatic carbocycles. The first-order valence-corrected chi connectivity index (χ1v) is 9.05. The molecule has 1 saturated heterocycles. The molecule has 1 N–H and O–H groups in total. The van der Waals surface area contributed by atoms with Gasteiger partial charge in [0.15, 0.2) is 0 Å². The molecule has 1 aromatic carbocycles. The van der Waals surface area contributed by atoms with Crippen molar-refractivity contribution in [2.45, 2.75) is 18.9 Å². The monoisotopic (exact) mass is 396 g/mol. The van der Waals surface area contributed by atoms with Gasteiger partial charge in [-0.1, -0.05) is 36.4 Å². The summed E-state index contributed by atoms with van der Waals surface area (Å²) in [6.07, 6.45) is 5.53. The van der Waals surface area contributed by atoms with E-state index < -0.39 is 0 Å². The van der Waals surface area contributed by atoms with E-state index in [1.54, 1.807) is 6.20 Å². The van der Waals surface area contributed by atoms with Crippen molar-refractivity contribution in [2.24, 2.45) is 0 Å². The standard InChI is InChI=1S/C19H17BrN4O/c20-16-17(13-6-2-1-3-7-13)22-23-18(16)19(25)24-11-5-9-15(24)14-8-4-10-21-12-14/h1-4,6-8,10,12,15H,5,9,11H2,(H,22,23)/t15-/m0/s1. The maximum Gasteiger partial charge on any atom is 0.273 e. The molecule has 1 fully saturated rings. The predicted octanol–water partition coefficient (Wildman–Crippen LogP) is 4.21. The third-order valence-corrected chi connectivity index (χ3v) is 5.32. The first-order valence-electron chi connectivity index (χ1n) is 8.26. The van der Waals surface area contributed by atoms with Gasteiger partial charge in [0.1, 0.15) is 11.4 Å². The summed E-state index contributed by atoms with van der Waals surface area (Å²) in [5.74, 6) is -0.0343. The number of rotatable bonds is 3. The largest absolute Gasteiger partial charge is 0.330 e. The number of carbonyl (C=O) groups is 1. The van der Waals surface area contributed by atoms with Crippen LogP contribution >= 0.6 is 15.9 Å². The second-order valence-corrected chi connectivity index (χ2v) is 6.86. The topological polar surface area (TPSA) is 61.9 Å². The van der Waals surface area contributed by atoms with Crippen molar-refractivity contribution in [1.29, 1.82) is 0 Å². The highest BCUT2D eigenvalue weighted by atomic mass is 79.9. The van der Waals surface area contributed by atoms with Gasteiger partial charge in [-0.25, -0.2) is 0 Å². The highest BCUT2D eigenvalue weighted by molar-refractivity contribution is 9.10. The van der Waals surface area contributed by atoms with E-state index in [4.69, 9.17) is 0 Å². The van der Waals surface area contributed by atoms with E-state index in [1.165, 1.54) is 0 Å². The van der Waals surface area contributed by atoms with Crippen molar-refractivity contribution >= 4 is 21.8 Å². The molecule has 1 aliphatic heterocycles. The van der Waals surface area contributed by atoms with E-state index >= 15 is 0 Å². The molecule has 4 rings (SSSR count). The zero-order valence-corrected chi connectivity index (χ0v) is 15.1. The molecular weight excluding hydrogens is 380 g/mol. The highest BCUT2D eigenvalue weighted by Crippen LogP contribution is 2.35. The van der Waals surface area contributed by atoms with E-state index in [0.717, 1.165) is 36.2 Å². The lowest BCUT2D eigenvalue weighted by molar-refractivity contribution is 0.0728. The minimum atomic E-state index is -0.0343. The van der Waals surface area contributed by atoms with Gasteiger partial charge in [-0.15, -0.1) is 0 Å². The number of H-pyrrole nitrogens is 1. The summed E-state index contributed by atoms with van der Waals surface area (Å²) in [4.78, 5) is 19.2. The van der Waals surface area contributed by atoms with Gasteiger partial charge < -0.3 is 4.90 Å². The van der Waals surface area contributed by atoms with Gasteiger partial charge in [0, 0.05) is 24.5 Å². The van der Waals surface area contributed by atoms with E-state index in [0.29, 0.717) is 10.2 Å². The number of pyridine rings is 1. The van der Waals surface area contributed by atoms with Crippen LogP contribution in [0.5, 0.6) is 0 Å². The third-order valence-electron chi connectivity index (χ3n) is 4.55. The SMILES string of the molecule is O=C(c1[nH]nc(-c2ccccc2)c1Br)N1CCC[C@H]1c1cccnc1. The van der Waals surface area contributed by atoms with Crippen LogP contribution in [0.2, 0.25) is 0 Å². The summed E-state index contributed by atoms with van der Waals surface area (Å²) in [6, 6.07) is 13.8. The molecule has 6 heteroatoms. The van der Waals surface area contributed by atoms with Gasteiger partial charge in [0.25, 0.3) is 5.91 Å². The van der Waals surface area contributed by atoms with Crippen LogP contribution in [0, 0.1) is 0 Å². The number of nitrogens with one attached hydrogen (secondary N) is 1. The van der Waals surface area contributed by atoms with Crippen molar-refractivity contribution in [2.75, 3.05) is 6.54 Å². The van der Waals surface area contributed by atoms with Crippen molar-refractivity contribution < 1.29 is 4.79 Å². The number of benzene rings is 1. The maximum absolute atomic E-state index is 13.1. The zero-order chi connectivity index (χ0) is 17.2. The molecule has 0 saturated carbocycles. The van der Waals surface area contributed by atoms with Crippen molar-refractivity contribution in [3.63, 3.8) is 0 Å². The van der Waals surface area contributed by atoms with Crippen LogP contribution in [-0.2, 0) is 0 Å². The quantitative estimate of drug-likeness (QED) is 0.720. The summed E-state index contributed by atoms with van der Waals surface area (Å²) < 4.78 is 0.709. The number of aromatic nitrogens is 3. The molecule has 1 amide bonds. The first kappa shape index (κ1) is 16.0. The lowest BCUT2D eigenvalue weighted by Gasteiger charge is -2.24. The molecule has 0 spiro atoms. The Labute approximate surface area is 154 Å². The van der Waals surface area contributed by atoms with E-state index in [1.807, 2.05) is 53.6 Å². The summed E-state index contributed by atoms with van der Waals surface area (Å²) in [6.45, 7) is 0.741. The molecule has 5 nitrogen and oxygen atoms in total. The first-order chi connectivity index (χ1) is 12.3. The fourth-order valence-corrected chi connectivity index (χ4v) is 3.91. The van der Waals surface area contributed by atoms with Crippen LogP contribution in [-0.4, -0.2) is 32.5 Å². The normalized spacial score (nSPS) is 17.0. The van der Waals surface area contributed by atoms with Gasteiger partial charge in [0.2, 0.25) is 0 Å². The number of nitrogens with zero attached hydrogens (tertiary/aromatic N) is 3. The Morgan fingerprint density at radius 1 is 1.20 bits per heavy atom. The van der Waals surface area contributed by atoms with Crippen molar-refractivity contribution in [3.8, 4) is 11.3 Å². The number of carbonyl (C=O) groups excluding carboxylic acids is 1. The Morgan fingerprint density at radius 2 is 2.04 bits per heavy atom. The number of amides is 1. The smallest absolute Gasteiger partial charge is 0.273 e. The minimum absolute atomic E-state index is 0.0343. The molecule has 0 unspecified atom stereocenters. The minimum Gasteiger partial charge on any atom is -0.330 e. The van der Waals surface area contributed by atoms with Gasteiger partial charge in [0.05, 0.1) is 10.5 Å². The Bertz CT molecular complexity index is 879. The average Bonchev–Trinajstić information content (AvgIpc) is 3.29. The average molecular weight is 397 g/mol. The summed E-state index contributed by atoms with van der Waals surface area (Å²) in [5.41, 5.74) is 3.29. The second kappa shape index (κ2) is 6.80. The fraction of sp³-hybridized carbons (Fsp3) is 0.211. The number of hydrogen-bond acceptors (Lipinski definition) is 3. The van der Waals surface area contributed by atoms with Crippen LogP contribution in [0.25, 0.3) is 11.3 Å². The second-order valence-electron chi connectivity index (χ2n) is 6.07.